The van der Waals surface area contributed by atoms with Gasteiger partial charge in [0, 0.05) is 17.0 Å². The maximum absolute atomic E-state index is 9.68. The Balaban J connectivity index is 2.95. The van der Waals surface area contributed by atoms with Crippen molar-refractivity contribution < 1.29 is 10.2 Å². The lowest BCUT2D eigenvalue weighted by Gasteiger charge is -2.17. The summed E-state index contributed by atoms with van der Waals surface area (Å²) in [4.78, 5) is 3.98. The average Bonchev–Trinajstić information content (AvgIpc) is 2.15. The Morgan fingerprint density at radius 3 is 2.64 bits per heavy atom. The predicted octanol–water partition coefficient (Wildman–Crippen LogP) is 1.37. The molecule has 0 saturated carbocycles. The van der Waals surface area contributed by atoms with Gasteiger partial charge >= 0.3 is 0 Å². The molecule has 2 unspecified atom stereocenters. The summed E-state index contributed by atoms with van der Waals surface area (Å²) in [6.07, 6.45) is -1.85. The van der Waals surface area contributed by atoms with E-state index in [1.165, 1.54) is 0 Å². The van der Waals surface area contributed by atoms with E-state index in [0.717, 1.165) is 0 Å². The summed E-state index contributed by atoms with van der Waals surface area (Å²) < 4.78 is 0. The number of hydrogen-bond acceptors (Lipinski definition) is 4. The Morgan fingerprint density at radius 2 is 2.14 bits per heavy atom. The number of hydrogen-bond donors (Lipinski definition) is 3. The largest absolute Gasteiger partial charge is 0.389 e. The number of aliphatic hydroxyl groups excluding tert-OH is 2. The summed E-state index contributed by atoms with van der Waals surface area (Å²) >= 11 is 9.57. The summed E-state index contributed by atoms with van der Waals surface area (Å²) in [5.41, 5.74) is 1.20. The van der Waals surface area contributed by atoms with E-state index in [9.17, 15) is 10.2 Å². The molecule has 0 radical (unpaired) electrons. The molecule has 3 nitrogen and oxygen atoms in total. The Bertz CT molecular complexity index is 322. The van der Waals surface area contributed by atoms with Crippen LogP contribution in [0, 0.1) is 6.92 Å². The summed E-state index contributed by atoms with van der Waals surface area (Å²) in [5.74, 6) is 0.198. The molecule has 0 saturated heterocycles. The van der Waals surface area contributed by atoms with Crippen LogP contribution in [0.1, 0.15) is 17.4 Å². The lowest BCUT2D eigenvalue weighted by Crippen LogP contribution is -2.20. The molecule has 0 aliphatic heterocycles. The first kappa shape index (κ1) is 11.8. The minimum atomic E-state index is -0.961. The van der Waals surface area contributed by atoms with Gasteiger partial charge in [-0.15, -0.1) is 0 Å². The lowest BCUT2D eigenvalue weighted by molar-refractivity contribution is 0.0331. The van der Waals surface area contributed by atoms with Crippen molar-refractivity contribution in [1.29, 1.82) is 0 Å². The maximum Gasteiger partial charge on any atom is 0.129 e. The number of thiol groups is 1. The van der Waals surface area contributed by atoms with Crippen LogP contribution >= 0.6 is 24.2 Å². The Hall–Kier alpha value is -0.290. The van der Waals surface area contributed by atoms with Crippen molar-refractivity contribution in [3.05, 3.63) is 28.5 Å². The van der Waals surface area contributed by atoms with Gasteiger partial charge in [0.25, 0.3) is 0 Å². The van der Waals surface area contributed by atoms with Crippen molar-refractivity contribution in [3.8, 4) is 0 Å². The molecule has 1 aromatic heterocycles. The number of pyridine rings is 1. The lowest BCUT2D eigenvalue weighted by atomic mass is 10.0. The van der Waals surface area contributed by atoms with E-state index in [4.69, 9.17) is 11.6 Å². The van der Waals surface area contributed by atoms with E-state index >= 15 is 0 Å². The highest BCUT2D eigenvalue weighted by atomic mass is 35.5. The third kappa shape index (κ3) is 2.60. The van der Waals surface area contributed by atoms with Crippen molar-refractivity contribution in [1.82, 2.24) is 4.98 Å². The molecule has 0 aliphatic rings. The molecule has 0 aromatic carbocycles. The Morgan fingerprint density at radius 1 is 1.50 bits per heavy atom. The minimum Gasteiger partial charge on any atom is -0.389 e. The van der Waals surface area contributed by atoms with Gasteiger partial charge in [0.15, 0.2) is 0 Å². The van der Waals surface area contributed by atoms with Crippen LogP contribution in [0.5, 0.6) is 0 Å². The molecule has 2 atom stereocenters. The molecule has 14 heavy (non-hydrogen) atoms. The first-order chi connectivity index (χ1) is 6.56. The Kier molecular flexibility index (Phi) is 4.19. The van der Waals surface area contributed by atoms with Crippen LogP contribution in [0.3, 0.4) is 0 Å². The maximum atomic E-state index is 9.68. The first-order valence-electron chi connectivity index (χ1n) is 4.16. The topological polar surface area (TPSA) is 53.4 Å². The normalized spacial score (nSPS) is 15.2. The molecular formula is C9H12ClNO2S. The number of aromatic nitrogens is 1. The van der Waals surface area contributed by atoms with Gasteiger partial charge < -0.3 is 10.2 Å². The minimum absolute atomic E-state index is 0.198. The van der Waals surface area contributed by atoms with E-state index in [-0.39, 0.29) is 5.75 Å². The van der Waals surface area contributed by atoms with Gasteiger partial charge in [-0.3, -0.25) is 0 Å². The van der Waals surface area contributed by atoms with E-state index in [1.54, 1.807) is 19.1 Å². The Labute approximate surface area is 93.2 Å². The molecule has 1 rings (SSSR count). The second kappa shape index (κ2) is 4.98. The smallest absolute Gasteiger partial charge is 0.129 e. The molecule has 0 amide bonds. The van der Waals surface area contributed by atoms with Crippen LogP contribution in [0.25, 0.3) is 0 Å². The zero-order valence-corrected chi connectivity index (χ0v) is 9.33. The highest BCUT2D eigenvalue weighted by Crippen LogP contribution is 2.21. The second-order valence-corrected chi connectivity index (χ2v) is 3.76. The third-order valence-electron chi connectivity index (χ3n) is 1.96. The van der Waals surface area contributed by atoms with Crippen molar-refractivity contribution in [2.45, 2.75) is 19.1 Å². The van der Waals surface area contributed by atoms with Crippen LogP contribution in [0.4, 0.5) is 0 Å². The van der Waals surface area contributed by atoms with Gasteiger partial charge in [-0.1, -0.05) is 17.7 Å². The fourth-order valence-corrected chi connectivity index (χ4v) is 1.55. The summed E-state index contributed by atoms with van der Waals surface area (Å²) in [5, 5.41) is 19.4. The third-order valence-corrected chi connectivity index (χ3v) is 2.55. The molecule has 5 heteroatoms. The van der Waals surface area contributed by atoms with Crippen LogP contribution < -0.4 is 0 Å². The van der Waals surface area contributed by atoms with Gasteiger partial charge in [0.1, 0.15) is 11.3 Å². The van der Waals surface area contributed by atoms with Crippen LogP contribution in [0.2, 0.25) is 5.15 Å². The first-order valence-corrected chi connectivity index (χ1v) is 5.17. The molecule has 2 N–H and O–H groups in total. The molecule has 0 aliphatic carbocycles. The molecule has 1 heterocycles. The SMILES string of the molecule is Cc1nc(Cl)ccc1C(O)C(O)CS. The van der Waals surface area contributed by atoms with E-state index in [0.29, 0.717) is 16.4 Å². The zero-order valence-electron chi connectivity index (χ0n) is 7.68. The predicted molar refractivity (Wildman–Crippen MR) is 58.8 cm³/mol. The second-order valence-electron chi connectivity index (χ2n) is 3.00. The fourth-order valence-electron chi connectivity index (χ4n) is 1.16. The van der Waals surface area contributed by atoms with Gasteiger partial charge in [-0.05, 0) is 13.0 Å². The number of halogens is 1. The van der Waals surface area contributed by atoms with Crippen LogP contribution in [-0.4, -0.2) is 27.1 Å². The number of rotatable bonds is 3. The van der Waals surface area contributed by atoms with Gasteiger partial charge in [0.2, 0.25) is 0 Å². The van der Waals surface area contributed by atoms with E-state index < -0.39 is 12.2 Å². The summed E-state index contributed by atoms with van der Waals surface area (Å²) in [6.45, 7) is 1.73. The molecule has 0 bridgehead atoms. The summed E-state index contributed by atoms with van der Waals surface area (Å²) in [7, 11) is 0. The monoisotopic (exact) mass is 233 g/mol. The number of aliphatic hydroxyl groups is 2. The standard InChI is InChI=1S/C9H12ClNO2S/c1-5-6(2-3-8(10)11-5)9(13)7(12)4-14/h2-3,7,9,12-14H,4H2,1H3. The summed E-state index contributed by atoms with van der Waals surface area (Å²) in [6, 6.07) is 3.24. The van der Waals surface area contributed by atoms with E-state index in [2.05, 4.69) is 17.6 Å². The highest BCUT2D eigenvalue weighted by molar-refractivity contribution is 7.80. The molecule has 78 valence electrons. The highest BCUT2D eigenvalue weighted by Gasteiger charge is 2.19. The van der Waals surface area contributed by atoms with Crippen molar-refractivity contribution in [2.24, 2.45) is 0 Å². The number of aryl methyl sites for hydroxylation is 1. The fraction of sp³-hybridized carbons (Fsp3) is 0.444. The van der Waals surface area contributed by atoms with Crippen molar-refractivity contribution in [2.75, 3.05) is 5.75 Å². The van der Waals surface area contributed by atoms with Gasteiger partial charge in [0.05, 0.1) is 6.10 Å². The molecule has 0 spiro atoms. The quantitative estimate of drug-likeness (QED) is 0.546. The van der Waals surface area contributed by atoms with Crippen LogP contribution in [0.15, 0.2) is 12.1 Å². The molecular weight excluding hydrogens is 222 g/mol. The zero-order chi connectivity index (χ0) is 10.7. The molecule has 1 aromatic rings. The number of nitrogens with zero attached hydrogens (tertiary/aromatic N) is 1. The van der Waals surface area contributed by atoms with Gasteiger partial charge in [-0.2, -0.15) is 12.6 Å². The van der Waals surface area contributed by atoms with Gasteiger partial charge in [-0.25, -0.2) is 4.98 Å². The van der Waals surface area contributed by atoms with Crippen LogP contribution in [-0.2, 0) is 0 Å². The van der Waals surface area contributed by atoms with E-state index in [1.807, 2.05) is 0 Å². The van der Waals surface area contributed by atoms with Crippen molar-refractivity contribution in [3.63, 3.8) is 0 Å². The van der Waals surface area contributed by atoms with Crippen molar-refractivity contribution >= 4 is 24.2 Å². The average molecular weight is 234 g/mol. The molecule has 0 fully saturated rings.